The average Bonchev–Trinajstić information content (AvgIpc) is 2.80. The first kappa shape index (κ1) is 15.3. The molecule has 1 heterocycles. The molecule has 0 aromatic heterocycles. The molecule has 1 aliphatic carbocycles. The molecule has 2 N–H and O–H groups in total. The maximum absolute atomic E-state index is 12.3. The van der Waals surface area contributed by atoms with Crippen molar-refractivity contribution in [3.63, 3.8) is 0 Å². The normalized spacial score (nSPS) is 25.2. The molecule has 2 rings (SSSR count). The topological polar surface area (TPSA) is 69.6 Å². The van der Waals surface area contributed by atoms with Gasteiger partial charge in [-0.1, -0.05) is 20.8 Å². The van der Waals surface area contributed by atoms with E-state index in [1.54, 1.807) is 4.90 Å². The number of carbonyl (C=O) groups excluding carboxylic acids is 2. The van der Waals surface area contributed by atoms with Crippen molar-refractivity contribution in [2.75, 3.05) is 13.1 Å². The van der Waals surface area contributed by atoms with Gasteiger partial charge in [0, 0.05) is 18.5 Å². The first-order chi connectivity index (χ1) is 9.23. The molecule has 0 aromatic carbocycles. The van der Waals surface area contributed by atoms with Crippen LogP contribution in [0.2, 0.25) is 0 Å². The van der Waals surface area contributed by atoms with E-state index in [2.05, 4.69) is 5.32 Å². The minimum absolute atomic E-state index is 0.0255. The fourth-order valence-electron chi connectivity index (χ4n) is 2.84. The van der Waals surface area contributed by atoms with Gasteiger partial charge in [-0.25, -0.2) is 0 Å². The van der Waals surface area contributed by atoms with Crippen LogP contribution in [0.5, 0.6) is 0 Å². The third-order valence-electron chi connectivity index (χ3n) is 4.33. The van der Waals surface area contributed by atoms with Crippen molar-refractivity contribution < 1.29 is 14.7 Å². The molecule has 2 aliphatic rings. The van der Waals surface area contributed by atoms with Crippen LogP contribution in [-0.2, 0) is 9.59 Å². The van der Waals surface area contributed by atoms with Gasteiger partial charge in [-0.2, -0.15) is 0 Å². The quantitative estimate of drug-likeness (QED) is 0.813. The molecule has 114 valence electrons. The molecule has 0 spiro atoms. The van der Waals surface area contributed by atoms with Crippen molar-refractivity contribution in [3.05, 3.63) is 0 Å². The number of rotatable bonds is 3. The van der Waals surface area contributed by atoms with Crippen LogP contribution in [-0.4, -0.2) is 46.6 Å². The van der Waals surface area contributed by atoms with Gasteiger partial charge in [-0.05, 0) is 32.1 Å². The molecule has 5 nitrogen and oxygen atoms in total. The van der Waals surface area contributed by atoms with Crippen LogP contribution >= 0.6 is 0 Å². The fourth-order valence-corrected chi connectivity index (χ4v) is 2.84. The summed E-state index contributed by atoms with van der Waals surface area (Å²) in [4.78, 5) is 26.3. The Labute approximate surface area is 120 Å². The second kappa shape index (κ2) is 5.35. The maximum atomic E-state index is 12.3. The van der Waals surface area contributed by atoms with E-state index in [4.69, 9.17) is 0 Å². The second-order valence-electron chi connectivity index (χ2n) is 7.20. The van der Waals surface area contributed by atoms with E-state index >= 15 is 0 Å². The summed E-state index contributed by atoms with van der Waals surface area (Å²) in [7, 11) is 0. The highest BCUT2D eigenvalue weighted by Crippen LogP contribution is 2.31. The lowest BCUT2D eigenvalue weighted by Gasteiger charge is -2.37. The Hall–Kier alpha value is -1.10. The van der Waals surface area contributed by atoms with E-state index in [0.717, 1.165) is 25.7 Å². The van der Waals surface area contributed by atoms with Crippen LogP contribution in [0.4, 0.5) is 0 Å². The molecule has 0 bridgehead atoms. The molecule has 1 saturated heterocycles. The van der Waals surface area contributed by atoms with E-state index in [-0.39, 0.29) is 17.9 Å². The second-order valence-corrected chi connectivity index (χ2v) is 7.20. The molecule has 1 aliphatic heterocycles. The molecule has 5 heteroatoms. The highest BCUT2D eigenvalue weighted by molar-refractivity contribution is 5.90. The Bertz CT molecular complexity index is 396. The Balaban J connectivity index is 1.92. The van der Waals surface area contributed by atoms with Gasteiger partial charge in [-0.15, -0.1) is 0 Å². The molecular weight excluding hydrogens is 256 g/mol. The molecule has 1 unspecified atom stereocenters. The largest absolute Gasteiger partial charge is 0.388 e. The van der Waals surface area contributed by atoms with Gasteiger partial charge in [0.05, 0.1) is 5.60 Å². The van der Waals surface area contributed by atoms with Crippen molar-refractivity contribution in [2.24, 2.45) is 5.41 Å². The van der Waals surface area contributed by atoms with Crippen LogP contribution in [0, 0.1) is 5.41 Å². The number of aliphatic hydroxyl groups is 1. The first-order valence-electron chi connectivity index (χ1n) is 7.54. The predicted octanol–water partition coefficient (Wildman–Crippen LogP) is 1.05. The lowest BCUT2D eigenvalue weighted by Crippen LogP contribution is -2.53. The molecule has 2 fully saturated rings. The summed E-state index contributed by atoms with van der Waals surface area (Å²) in [5.41, 5.74) is -1.18. The van der Waals surface area contributed by atoms with Gasteiger partial charge in [0.2, 0.25) is 11.8 Å². The summed E-state index contributed by atoms with van der Waals surface area (Å²) in [6, 6.07) is -0.370. The third-order valence-corrected chi connectivity index (χ3v) is 4.33. The fraction of sp³-hybridized carbons (Fsp3) is 0.867. The van der Waals surface area contributed by atoms with Crippen molar-refractivity contribution in [2.45, 2.75) is 64.5 Å². The van der Waals surface area contributed by atoms with Crippen LogP contribution < -0.4 is 5.32 Å². The lowest BCUT2D eigenvalue weighted by atomic mass is 9.80. The summed E-state index contributed by atoms with van der Waals surface area (Å²) in [5, 5.41) is 12.8. The number of hydrogen-bond donors (Lipinski definition) is 2. The number of carbonyl (C=O) groups is 2. The minimum atomic E-state index is -0.715. The zero-order chi connectivity index (χ0) is 15.0. The number of amides is 2. The Morgan fingerprint density at radius 3 is 2.45 bits per heavy atom. The van der Waals surface area contributed by atoms with E-state index in [0.29, 0.717) is 19.5 Å². The van der Waals surface area contributed by atoms with Crippen molar-refractivity contribution >= 4 is 11.8 Å². The molecule has 2 amide bonds. The van der Waals surface area contributed by atoms with Gasteiger partial charge in [-0.3, -0.25) is 9.59 Å². The van der Waals surface area contributed by atoms with Crippen molar-refractivity contribution in [1.29, 1.82) is 0 Å². The van der Waals surface area contributed by atoms with Gasteiger partial charge in [0.15, 0.2) is 0 Å². The molecular formula is C15H26N2O3. The predicted molar refractivity (Wildman–Crippen MR) is 76.0 cm³/mol. The van der Waals surface area contributed by atoms with E-state index in [9.17, 15) is 14.7 Å². The molecule has 20 heavy (non-hydrogen) atoms. The van der Waals surface area contributed by atoms with Gasteiger partial charge < -0.3 is 15.3 Å². The van der Waals surface area contributed by atoms with Crippen LogP contribution in [0.1, 0.15) is 52.9 Å². The number of nitrogens with one attached hydrogen (secondary N) is 1. The number of likely N-dealkylation sites (tertiary alicyclic amines) is 1. The SMILES string of the molecule is CC(C)(C)C(=O)N1CCCC1C(=O)NCC1(O)CCC1. The van der Waals surface area contributed by atoms with E-state index in [1.165, 1.54) is 0 Å². The van der Waals surface area contributed by atoms with E-state index < -0.39 is 11.0 Å². The summed E-state index contributed by atoms with van der Waals surface area (Å²) in [6.07, 6.45) is 4.10. The maximum Gasteiger partial charge on any atom is 0.242 e. The van der Waals surface area contributed by atoms with Gasteiger partial charge in [0.1, 0.15) is 6.04 Å². The Morgan fingerprint density at radius 2 is 1.95 bits per heavy atom. The Morgan fingerprint density at radius 1 is 1.30 bits per heavy atom. The number of hydrogen-bond acceptors (Lipinski definition) is 3. The summed E-state index contributed by atoms with van der Waals surface area (Å²) < 4.78 is 0. The smallest absolute Gasteiger partial charge is 0.242 e. The average molecular weight is 282 g/mol. The van der Waals surface area contributed by atoms with Crippen molar-refractivity contribution in [3.8, 4) is 0 Å². The van der Waals surface area contributed by atoms with Crippen LogP contribution in [0.25, 0.3) is 0 Å². The molecule has 1 atom stereocenters. The van der Waals surface area contributed by atoms with Gasteiger partial charge in [0.25, 0.3) is 0 Å². The van der Waals surface area contributed by atoms with Crippen LogP contribution in [0.15, 0.2) is 0 Å². The number of nitrogens with zero attached hydrogens (tertiary/aromatic N) is 1. The Kier molecular flexibility index (Phi) is 4.09. The zero-order valence-corrected chi connectivity index (χ0v) is 12.7. The van der Waals surface area contributed by atoms with Gasteiger partial charge >= 0.3 is 0 Å². The third kappa shape index (κ3) is 3.14. The molecule has 0 aromatic rings. The summed E-state index contributed by atoms with van der Waals surface area (Å²) in [5.74, 6) is -0.0991. The van der Waals surface area contributed by atoms with E-state index in [1.807, 2.05) is 20.8 Å². The summed E-state index contributed by atoms with van der Waals surface area (Å²) >= 11 is 0. The zero-order valence-electron chi connectivity index (χ0n) is 12.7. The lowest BCUT2D eigenvalue weighted by molar-refractivity contribution is -0.145. The monoisotopic (exact) mass is 282 g/mol. The molecule has 0 radical (unpaired) electrons. The first-order valence-corrected chi connectivity index (χ1v) is 7.54. The van der Waals surface area contributed by atoms with Crippen LogP contribution in [0.3, 0.4) is 0 Å². The summed E-state index contributed by atoms with van der Waals surface area (Å²) in [6.45, 7) is 6.58. The van der Waals surface area contributed by atoms with Crippen molar-refractivity contribution in [1.82, 2.24) is 10.2 Å². The minimum Gasteiger partial charge on any atom is -0.388 e. The highest BCUT2D eigenvalue weighted by Gasteiger charge is 2.40. The highest BCUT2D eigenvalue weighted by atomic mass is 16.3. The standard InChI is InChI=1S/C15H26N2O3/c1-14(2,3)13(19)17-9-4-6-11(17)12(18)16-10-15(20)7-5-8-15/h11,20H,4-10H2,1-3H3,(H,16,18). The molecule has 1 saturated carbocycles.